The van der Waals surface area contributed by atoms with Crippen LogP contribution in [0.1, 0.15) is 30.1 Å². The van der Waals surface area contributed by atoms with Gasteiger partial charge in [0.1, 0.15) is 10.8 Å². The van der Waals surface area contributed by atoms with E-state index in [0.29, 0.717) is 36.4 Å². The number of nitrogens with one attached hydrogen (secondary N) is 3. The fourth-order valence-electron chi connectivity index (χ4n) is 2.32. The Hall–Kier alpha value is -2.82. The largest absolute Gasteiger partial charge is 0.484 e. The first kappa shape index (κ1) is 23.5. The van der Waals surface area contributed by atoms with E-state index in [-0.39, 0.29) is 19.1 Å². The lowest BCUT2D eigenvalue weighted by Gasteiger charge is -2.11. The number of hydrogen-bond donors (Lipinski definition) is 3. The van der Waals surface area contributed by atoms with E-state index in [4.69, 9.17) is 4.74 Å². The molecule has 0 radical (unpaired) electrons. The molecular formula is C19H24F3N5O2S. The Morgan fingerprint density at radius 1 is 1.20 bits per heavy atom. The molecule has 0 fully saturated rings. The number of benzene rings is 1. The van der Waals surface area contributed by atoms with Gasteiger partial charge in [-0.2, -0.15) is 13.2 Å². The number of nitrogens with zero attached hydrogens (tertiary/aromatic N) is 2. The fraction of sp³-hybridized carbons (Fsp3) is 0.421. The Bertz CT molecular complexity index is 855. The number of hydrogen-bond acceptors (Lipinski definition) is 5. The van der Waals surface area contributed by atoms with Gasteiger partial charge in [0.15, 0.2) is 18.3 Å². The number of ether oxygens (including phenoxy) is 1. The van der Waals surface area contributed by atoms with Crippen molar-refractivity contribution in [1.29, 1.82) is 0 Å². The first-order valence-electron chi connectivity index (χ1n) is 9.34. The summed E-state index contributed by atoms with van der Waals surface area (Å²) in [6.45, 7) is 5.22. The number of carbonyl (C=O) groups is 1. The molecule has 2 aromatic rings. The predicted molar refractivity (Wildman–Crippen MR) is 109 cm³/mol. The fourth-order valence-corrected chi connectivity index (χ4v) is 3.06. The Morgan fingerprint density at radius 3 is 2.63 bits per heavy atom. The van der Waals surface area contributed by atoms with Crippen LogP contribution in [-0.4, -0.2) is 36.5 Å². The van der Waals surface area contributed by atoms with Crippen molar-refractivity contribution >= 4 is 23.2 Å². The molecule has 1 heterocycles. The first-order valence-corrected chi connectivity index (χ1v) is 10.2. The van der Waals surface area contributed by atoms with Gasteiger partial charge in [0.25, 0.3) is 5.91 Å². The average molecular weight is 443 g/mol. The summed E-state index contributed by atoms with van der Waals surface area (Å²) in [5.74, 6) is 0.805. The number of alkyl halides is 3. The summed E-state index contributed by atoms with van der Waals surface area (Å²) in [5, 5.41) is 9.97. The summed E-state index contributed by atoms with van der Waals surface area (Å²) in [6, 6.07) is 7.19. The van der Waals surface area contributed by atoms with Crippen molar-refractivity contribution in [2.24, 2.45) is 4.99 Å². The molecule has 0 unspecified atom stereocenters. The van der Waals surface area contributed by atoms with Gasteiger partial charge < -0.3 is 20.7 Å². The van der Waals surface area contributed by atoms with Crippen molar-refractivity contribution < 1.29 is 22.7 Å². The summed E-state index contributed by atoms with van der Waals surface area (Å²) in [7, 11) is 0. The van der Waals surface area contributed by atoms with E-state index in [2.05, 4.69) is 25.9 Å². The predicted octanol–water partition coefficient (Wildman–Crippen LogP) is 2.93. The second-order valence-electron chi connectivity index (χ2n) is 6.06. The zero-order valence-corrected chi connectivity index (χ0v) is 17.5. The van der Waals surface area contributed by atoms with E-state index in [9.17, 15) is 18.0 Å². The molecule has 0 spiro atoms. The highest BCUT2D eigenvalue weighted by atomic mass is 32.1. The molecule has 3 N–H and O–H groups in total. The van der Waals surface area contributed by atoms with Crippen LogP contribution in [0, 0.1) is 0 Å². The number of likely N-dealkylation sites (N-methyl/N-ethyl adjacent to an activating group) is 1. The van der Waals surface area contributed by atoms with E-state index in [1.54, 1.807) is 18.2 Å². The molecule has 2 rings (SSSR count). The van der Waals surface area contributed by atoms with Crippen LogP contribution in [0.3, 0.4) is 0 Å². The summed E-state index contributed by atoms with van der Waals surface area (Å²) in [5.41, 5.74) is -0.0371. The van der Waals surface area contributed by atoms with Gasteiger partial charge in [0, 0.05) is 18.5 Å². The van der Waals surface area contributed by atoms with E-state index < -0.39 is 11.9 Å². The molecule has 0 bridgehead atoms. The maximum Gasteiger partial charge on any atom is 0.434 e. The first-order chi connectivity index (χ1) is 14.3. The summed E-state index contributed by atoms with van der Waals surface area (Å²) in [4.78, 5) is 19.5. The van der Waals surface area contributed by atoms with Crippen LogP contribution in [0.2, 0.25) is 0 Å². The Morgan fingerprint density at radius 2 is 1.97 bits per heavy atom. The monoisotopic (exact) mass is 443 g/mol. The Labute approximate surface area is 176 Å². The van der Waals surface area contributed by atoms with Crippen LogP contribution in [0.5, 0.6) is 5.75 Å². The smallest absolute Gasteiger partial charge is 0.434 e. The maximum atomic E-state index is 12.7. The van der Waals surface area contributed by atoms with Gasteiger partial charge in [-0.1, -0.05) is 12.1 Å². The molecule has 0 aliphatic rings. The van der Waals surface area contributed by atoms with Crippen molar-refractivity contribution in [2.45, 2.75) is 33.1 Å². The zero-order valence-electron chi connectivity index (χ0n) is 16.7. The number of aliphatic imine (C=N–C) groups is 1. The highest BCUT2D eigenvalue weighted by Crippen LogP contribution is 2.29. The number of amides is 1. The van der Waals surface area contributed by atoms with E-state index in [1.165, 1.54) is 0 Å². The third-order valence-electron chi connectivity index (χ3n) is 3.66. The van der Waals surface area contributed by atoms with Crippen LogP contribution >= 0.6 is 11.3 Å². The van der Waals surface area contributed by atoms with Crippen molar-refractivity contribution in [3.63, 3.8) is 0 Å². The third kappa shape index (κ3) is 7.90. The minimum Gasteiger partial charge on any atom is -0.484 e. The highest BCUT2D eigenvalue weighted by Gasteiger charge is 2.33. The number of thiazole rings is 1. The van der Waals surface area contributed by atoms with Crippen LogP contribution in [0.15, 0.2) is 34.6 Å². The third-order valence-corrected chi connectivity index (χ3v) is 4.50. The molecule has 30 heavy (non-hydrogen) atoms. The topological polar surface area (TPSA) is 87.6 Å². The average Bonchev–Trinajstić information content (AvgIpc) is 3.19. The molecule has 164 valence electrons. The minimum absolute atomic E-state index is 0.0709. The molecule has 0 saturated heterocycles. The molecule has 1 aromatic carbocycles. The SMILES string of the molecule is CCNC(=O)COc1cccc(CN=C(NCC)NCc2nc(C(F)(F)F)cs2)c1. The molecule has 1 amide bonds. The molecule has 11 heteroatoms. The quantitative estimate of drug-likeness (QED) is 0.410. The summed E-state index contributed by atoms with van der Waals surface area (Å²) < 4.78 is 43.4. The Balaban J connectivity index is 1.94. The van der Waals surface area contributed by atoms with Crippen molar-refractivity contribution in [1.82, 2.24) is 20.9 Å². The molecule has 0 aliphatic heterocycles. The van der Waals surface area contributed by atoms with E-state index >= 15 is 0 Å². The second-order valence-corrected chi connectivity index (χ2v) is 7.01. The Kier molecular flexibility index (Phi) is 8.90. The lowest BCUT2D eigenvalue weighted by Crippen LogP contribution is -2.36. The lowest BCUT2D eigenvalue weighted by molar-refractivity contribution is -0.140. The maximum absolute atomic E-state index is 12.7. The normalized spacial score (nSPS) is 11.8. The number of rotatable bonds is 9. The van der Waals surface area contributed by atoms with Crippen LogP contribution in [0.25, 0.3) is 0 Å². The van der Waals surface area contributed by atoms with Crippen molar-refractivity contribution in [2.75, 3.05) is 19.7 Å². The summed E-state index contributed by atoms with van der Waals surface area (Å²) >= 11 is 0.938. The lowest BCUT2D eigenvalue weighted by atomic mass is 10.2. The molecule has 7 nitrogen and oxygen atoms in total. The van der Waals surface area contributed by atoms with E-state index in [1.807, 2.05) is 19.9 Å². The molecule has 0 aliphatic carbocycles. The second kappa shape index (κ2) is 11.4. The molecule has 1 aromatic heterocycles. The van der Waals surface area contributed by atoms with Gasteiger partial charge in [-0.25, -0.2) is 9.98 Å². The number of carbonyl (C=O) groups excluding carboxylic acids is 1. The number of halogens is 3. The molecule has 0 saturated carbocycles. The van der Waals surface area contributed by atoms with Gasteiger partial charge in [-0.3, -0.25) is 4.79 Å². The van der Waals surface area contributed by atoms with Gasteiger partial charge >= 0.3 is 6.18 Å². The number of guanidine groups is 1. The standard InChI is InChI=1S/C19H24F3N5O2S/c1-3-23-16(28)11-29-14-7-5-6-13(8-14)9-25-18(24-4-2)26-10-17-27-15(12-30-17)19(20,21)22/h5-8,12H,3-4,9-11H2,1-2H3,(H,23,28)(H2,24,25,26). The van der Waals surface area contributed by atoms with Gasteiger partial charge in [-0.05, 0) is 31.5 Å². The summed E-state index contributed by atoms with van der Waals surface area (Å²) in [6.07, 6.45) is -4.45. The van der Waals surface area contributed by atoms with Crippen LogP contribution < -0.4 is 20.7 Å². The van der Waals surface area contributed by atoms with E-state index in [0.717, 1.165) is 22.3 Å². The van der Waals surface area contributed by atoms with Gasteiger partial charge in [-0.15, -0.1) is 11.3 Å². The minimum atomic E-state index is -4.45. The van der Waals surface area contributed by atoms with Crippen molar-refractivity contribution in [3.05, 3.63) is 45.9 Å². The zero-order chi connectivity index (χ0) is 22.0. The van der Waals surface area contributed by atoms with Crippen LogP contribution in [-0.2, 0) is 24.1 Å². The molecule has 0 atom stereocenters. The van der Waals surface area contributed by atoms with Crippen LogP contribution in [0.4, 0.5) is 13.2 Å². The molecular weight excluding hydrogens is 419 g/mol. The highest BCUT2D eigenvalue weighted by molar-refractivity contribution is 7.09. The number of aromatic nitrogens is 1. The van der Waals surface area contributed by atoms with Gasteiger partial charge in [0.05, 0.1) is 13.1 Å². The van der Waals surface area contributed by atoms with Crippen molar-refractivity contribution in [3.8, 4) is 5.75 Å². The van der Waals surface area contributed by atoms with Gasteiger partial charge in [0.2, 0.25) is 0 Å².